The molecule has 0 aromatic heterocycles. The highest BCUT2D eigenvalue weighted by atomic mass is 79.9. The second-order valence-corrected chi connectivity index (χ2v) is 11.7. The molecule has 1 saturated carbocycles. The molecule has 3 aliphatic carbocycles. The van der Waals surface area contributed by atoms with Gasteiger partial charge in [0, 0.05) is 42.8 Å². The fourth-order valence-electron chi connectivity index (χ4n) is 7.31. The number of nitrogens with zero attached hydrogens (tertiary/aromatic N) is 1. The fourth-order valence-corrected chi connectivity index (χ4v) is 7.87. The Morgan fingerprint density at radius 3 is 2.69 bits per heavy atom. The number of hydrogen-bond acceptors (Lipinski definition) is 5. The van der Waals surface area contributed by atoms with Crippen LogP contribution < -0.4 is 9.47 Å². The van der Waals surface area contributed by atoms with Crippen LogP contribution in [0.4, 0.5) is 0 Å². The van der Waals surface area contributed by atoms with Crippen LogP contribution in [0.5, 0.6) is 11.5 Å². The number of benzene rings is 2. The summed E-state index contributed by atoms with van der Waals surface area (Å²) in [6.45, 7) is 2.80. The van der Waals surface area contributed by atoms with Crippen LogP contribution in [0, 0.1) is 11.8 Å². The number of likely N-dealkylation sites (tertiary alicyclic amines) is 1. The van der Waals surface area contributed by atoms with E-state index in [0.717, 1.165) is 46.8 Å². The molecule has 5 nitrogen and oxygen atoms in total. The molecule has 2 aliphatic heterocycles. The Labute approximate surface area is 215 Å². The molecule has 0 radical (unpaired) electrons. The molecule has 4 atom stereocenters. The largest absolute Gasteiger partial charge is 0.485 e. The van der Waals surface area contributed by atoms with E-state index < -0.39 is 5.79 Å². The molecule has 35 heavy (non-hydrogen) atoms. The van der Waals surface area contributed by atoms with E-state index in [9.17, 15) is 0 Å². The second kappa shape index (κ2) is 8.07. The monoisotopic (exact) mass is 537 g/mol. The van der Waals surface area contributed by atoms with Crippen LogP contribution in [0.2, 0.25) is 0 Å². The van der Waals surface area contributed by atoms with Crippen LogP contribution in [0.15, 0.2) is 53.0 Å². The molecule has 2 bridgehead atoms. The highest BCUT2D eigenvalue weighted by Crippen LogP contribution is 2.65. The minimum Gasteiger partial charge on any atom is -0.485 e. The number of halogens is 1. The van der Waals surface area contributed by atoms with Crippen molar-refractivity contribution in [1.29, 1.82) is 0 Å². The second-order valence-electron chi connectivity index (χ2n) is 10.8. The number of piperidine rings is 1. The van der Waals surface area contributed by atoms with Crippen LogP contribution in [0.1, 0.15) is 36.0 Å². The van der Waals surface area contributed by atoms with Crippen LogP contribution in [0.25, 0.3) is 0 Å². The van der Waals surface area contributed by atoms with Gasteiger partial charge in [-0.25, -0.2) is 0 Å². The lowest BCUT2D eigenvalue weighted by Gasteiger charge is -2.59. The van der Waals surface area contributed by atoms with Crippen molar-refractivity contribution in [3.63, 3.8) is 0 Å². The van der Waals surface area contributed by atoms with Crippen LogP contribution in [-0.4, -0.2) is 50.1 Å². The maximum Gasteiger partial charge on any atom is 0.226 e. The fraction of sp³-hybridized carbons (Fsp3) is 0.517. The van der Waals surface area contributed by atoms with Gasteiger partial charge in [-0.05, 0) is 61.4 Å². The first kappa shape index (κ1) is 22.3. The van der Waals surface area contributed by atoms with E-state index in [4.69, 9.17) is 18.9 Å². The number of ether oxygens (including phenoxy) is 4. The van der Waals surface area contributed by atoms with Gasteiger partial charge in [0.1, 0.15) is 6.61 Å². The molecule has 1 saturated heterocycles. The highest BCUT2D eigenvalue weighted by Gasteiger charge is 2.69. The van der Waals surface area contributed by atoms with Crippen molar-refractivity contribution >= 4 is 15.9 Å². The molecule has 1 spiro atoms. The molecular weight excluding hydrogens is 506 g/mol. The molecule has 0 amide bonds. The van der Waals surface area contributed by atoms with Crippen molar-refractivity contribution in [3.05, 3.63) is 69.7 Å². The minimum atomic E-state index is -0.920. The molecule has 0 N–H and O–H groups in total. The molecular formula is C29H32BrNO4. The average molecular weight is 538 g/mol. The number of hydrogen-bond donors (Lipinski definition) is 0. The molecule has 2 unspecified atom stereocenters. The maximum atomic E-state index is 6.91. The Kier molecular flexibility index (Phi) is 5.15. The summed E-state index contributed by atoms with van der Waals surface area (Å²) in [4.78, 5) is 2.76. The molecule has 2 aromatic carbocycles. The Hall–Kier alpha value is -1.86. The zero-order valence-electron chi connectivity index (χ0n) is 20.3. The molecule has 2 heterocycles. The van der Waals surface area contributed by atoms with Gasteiger partial charge in [-0.15, -0.1) is 0 Å². The van der Waals surface area contributed by atoms with Crippen LogP contribution in [0.3, 0.4) is 0 Å². The van der Waals surface area contributed by atoms with Gasteiger partial charge in [-0.2, -0.15) is 0 Å². The Balaban J connectivity index is 1.36. The van der Waals surface area contributed by atoms with E-state index in [0.29, 0.717) is 18.6 Å². The Morgan fingerprint density at radius 1 is 1.14 bits per heavy atom. The van der Waals surface area contributed by atoms with Gasteiger partial charge in [0.15, 0.2) is 17.6 Å². The topological polar surface area (TPSA) is 40.2 Å². The van der Waals surface area contributed by atoms with Crippen LogP contribution in [-0.2, 0) is 27.9 Å². The summed E-state index contributed by atoms with van der Waals surface area (Å²) in [5.74, 6) is 1.99. The van der Waals surface area contributed by atoms with Gasteiger partial charge in [-0.1, -0.05) is 52.3 Å². The first-order valence-corrected chi connectivity index (χ1v) is 13.6. The summed E-state index contributed by atoms with van der Waals surface area (Å²) >= 11 is 3.94. The van der Waals surface area contributed by atoms with Crippen molar-refractivity contribution in [2.45, 2.75) is 55.6 Å². The summed E-state index contributed by atoms with van der Waals surface area (Å²) in [6, 6.07) is 12.9. The summed E-state index contributed by atoms with van der Waals surface area (Å²) in [5, 5.41) is 0. The third kappa shape index (κ3) is 3.16. The first-order valence-electron chi connectivity index (χ1n) is 12.8. The van der Waals surface area contributed by atoms with E-state index in [-0.39, 0.29) is 11.5 Å². The SMILES string of the molecule is COC1(OC)C=CC2C3Cc4c(Br)cc(OCc5ccccc5)c5c4[C@]2(CCN3CC2CC2)[C@@H]1O5. The lowest BCUT2D eigenvalue weighted by atomic mass is 9.52. The number of methoxy groups -OCH3 is 2. The van der Waals surface area contributed by atoms with E-state index in [1.54, 1.807) is 14.2 Å². The summed E-state index contributed by atoms with van der Waals surface area (Å²) in [6.07, 6.45) is 9.04. The van der Waals surface area contributed by atoms with Crippen molar-refractivity contribution < 1.29 is 18.9 Å². The molecule has 184 valence electrons. The molecule has 7 rings (SSSR count). The summed E-state index contributed by atoms with van der Waals surface area (Å²) in [5.41, 5.74) is 3.63. The smallest absolute Gasteiger partial charge is 0.226 e. The standard InChI is InChI=1S/C29H32BrNO4/c1-32-29(33-2)11-10-21-23-14-20-22(30)15-24(34-17-19-6-4-3-5-7-19)26-25(20)28(21,27(29)35-26)12-13-31(23)16-18-8-9-18/h3-7,10-11,15,18,21,23,27H,8-9,12-14,16-17H2,1-2H3/t21?,23?,27-,28+/m0/s1. The lowest BCUT2D eigenvalue weighted by molar-refractivity contribution is -0.244. The third-order valence-corrected chi connectivity index (χ3v) is 9.85. The van der Waals surface area contributed by atoms with Gasteiger partial charge in [0.05, 0.1) is 5.41 Å². The van der Waals surface area contributed by atoms with Gasteiger partial charge >= 0.3 is 0 Å². The predicted octanol–water partition coefficient (Wildman–Crippen LogP) is 5.24. The summed E-state index contributed by atoms with van der Waals surface area (Å²) < 4.78 is 26.6. The highest BCUT2D eigenvalue weighted by molar-refractivity contribution is 9.10. The maximum absolute atomic E-state index is 6.91. The van der Waals surface area contributed by atoms with E-state index in [2.05, 4.69) is 51.2 Å². The predicted molar refractivity (Wildman–Crippen MR) is 137 cm³/mol. The quantitative estimate of drug-likeness (QED) is 0.356. The molecule has 2 fully saturated rings. The lowest BCUT2D eigenvalue weighted by Crippen LogP contribution is -2.69. The number of rotatable bonds is 7. The zero-order valence-corrected chi connectivity index (χ0v) is 21.9. The van der Waals surface area contributed by atoms with E-state index in [1.165, 1.54) is 30.5 Å². The third-order valence-electron chi connectivity index (χ3n) is 9.14. The van der Waals surface area contributed by atoms with E-state index in [1.807, 2.05) is 18.2 Å². The minimum absolute atomic E-state index is 0.191. The average Bonchev–Trinajstić information content (AvgIpc) is 3.64. The first-order chi connectivity index (χ1) is 17.1. The Bertz CT molecular complexity index is 1170. The van der Waals surface area contributed by atoms with Gasteiger partial charge in [-0.3, -0.25) is 4.90 Å². The van der Waals surface area contributed by atoms with Crippen LogP contribution >= 0.6 is 15.9 Å². The van der Waals surface area contributed by atoms with Crippen molar-refractivity contribution in [2.24, 2.45) is 11.8 Å². The van der Waals surface area contributed by atoms with Crippen molar-refractivity contribution in [2.75, 3.05) is 27.3 Å². The molecule has 6 heteroatoms. The zero-order chi connectivity index (χ0) is 23.8. The van der Waals surface area contributed by atoms with Crippen molar-refractivity contribution in [3.8, 4) is 11.5 Å². The Morgan fingerprint density at radius 2 is 1.94 bits per heavy atom. The molecule has 5 aliphatic rings. The van der Waals surface area contributed by atoms with Gasteiger partial charge < -0.3 is 18.9 Å². The van der Waals surface area contributed by atoms with Gasteiger partial charge in [0.25, 0.3) is 0 Å². The summed E-state index contributed by atoms with van der Waals surface area (Å²) in [7, 11) is 3.45. The van der Waals surface area contributed by atoms with E-state index >= 15 is 0 Å². The van der Waals surface area contributed by atoms with Gasteiger partial charge in [0.2, 0.25) is 5.79 Å². The molecule has 2 aromatic rings. The van der Waals surface area contributed by atoms with Crippen molar-refractivity contribution in [1.82, 2.24) is 4.90 Å². The normalized spacial score (nSPS) is 31.7.